The van der Waals surface area contributed by atoms with Crippen molar-refractivity contribution in [3.63, 3.8) is 0 Å². The summed E-state index contributed by atoms with van der Waals surface area (Å²) in [5, 5.41) is 5.66. The molecule has 0 spiro atoms. The number of fused-ring (bicyclic) bond motifs is 3. The average Bonchev–Trinajstić information content (AvgIpc) is 2.74. The molecule has 0 fully saturated rings. The molecule has 0 nitrogen and oxygen atoms in total. The Kier molecular flexibility index (Phi) is 3.92. The number of benzene rings is 5. The highest BCUT2D eigenvalue weighted by Gasteiger charge is 2.09. The minimum atomic E-state index is 0.771. The summed E-state index contributed by atoms with van der Waals surface area (Å²) in [6, 6.07) is 36.3. The summed E-state index contributed by atoms with van der Waals surface area (Å²) in [7, 11) is 0. The molecular weight excluding hydrogens is 348 g/mol. The van der Waals surface area contributed by atoms with Gasteiger partial charge in [-0.3, -0.25) is 0 Å². The maximum atomic E-state index is 6.25. The lowest BCUT2D eigenvalue weighted by molar-refractivity contribution is 1.61. The Morgan fingerprint density at radius 1 is 0.444 bits per heavy atom. The van der Waals surface area contributed by atoms with Crippen molar-refractivity contribution in [2.75, 3.05) is 0 Å². The fourth-order valence-electron chi connectivity index (χ4n) is 3.79. The third kappa shape index (κ3) is 2.89. The molecule has 0 aliphatic carbocycles. The van der Waals surface area contributed by atoms with Gasteiger partial charge in [-0.1, -0.05) is 96.5 Å². The second-order valence-corrected chi connectivity index (χ2v) is 7.21. The van der Waals surface area contributed by atoms with Gasteiger partial charge in [-0.15, -0.1) is 0 Å². The molecule has 5 rings (SSSR count). The summed E-state index contributed by atoms with van der Waals surface area (Å²) in [6.07, 6.45) is 0. The van der Waals surface area contributed by atoms with Gasteiger partial charge in [0, 0.05) is 5.02 Å². The maximum Gasteiger partial charge on any atom is 0.0412 e. The summed E-state index contributed by atoms with van der Waals surface area (Å²) in [4.78, 5) is 0. The van der Waals surface area contributed by atoms with Crippen LogP contribution in [0.5, 0.6) is 0 Å². The van der Waals surface area contributed by atoms with Crippen LogP contribution in [0.3, 0.4) is 0 Å². The smallest absolute Gasteiger partial charge is 0.0412 e. The SMILES string of the molecule is Clc1ccc2cc(-c3ccc(-c4ccccc4)cc3)c3ccccc3c2c1. The molecule has 0 saturated carbocycles. The molecule has 0 bridgehead atoms. The first kappa shape index (κ1) is 16.1. The molecule has 0 amide bonds. The highest BCUT2D eigenvalue weighted by Crippen LogP contribution is 2.36. The van der Waals surface area contributed by atoms with Crippen molar-refractivity contribution < 1.29 is 0 Å². The van der Waals surface area contributed by atoms with Gasteiger partial charge in [0.05, 0.1) is 0 Å². The fraction of sp³-hybridized carbons (Fsp3) is 0. The Morgan fingerprint density at radius 3 is 1.85 bits per heavy atom. The van der Waals surface area contributed by atoms with Gasteiger partial charge in [0.1, 0.15) is 0 Å². The van der Waals surface area contributed by atoms with Gasteiger partial charge in [-0.25, -0.2) is 0 Å². The normalized spacial score (nSPS) is 11.1. The van der Waals surface area contributed by atoms with E-state index in [1.165, 1.54) is 43.8 Å². The Labute approximate surface area is 163 Å². The van der Waals surface area contributed by atoms with E-state index in [9.17, 15) is 0 Å². The van der Waals surface area contributed by atoms with Crippen molar-refractivity contribution in [3.8, 4) is 22.3 Å². The molecule has 0 N–H and O–H groups in total. The Hall–Kier alpha value is -3.09. The minimum Gasteiger partial charge on any atom is -0.0843 e. The molecule has 128 valence electrons. The van der Waals surface area contributed by atoms with Crippen LogP contribution < -0.4 is 0 Å². The van der Waals surface area contributed by atoms with Crippen LogP contribution in [0.25, 0.3) is 43.8 Å². The van der Waals surface area contributed by atoms with Gasteiger partial charge in [-0.2, -0.15) is 0 Å². The first-order chi connectivity index (χ1) is 13.3. The lowest BCUT2D eigenvalue weighted by atomic mass is 9.92. The van der Waals surface area contributed by atoms with Crippen molar-refractivity contribution in [3.05, 3.63) is 108 Å². The molecular formula is C26H17Cl. The first-order valence-corrected chi connectivity index (χ1v) is 9.44. The van der Waals surface area contributed by atoms with E-state index in [0.717, 1.165) is 5.02 Å². The van der Waals surface area contributed by atoms with E-state index in [2.05, 4.69) is 91.0 Å². The Bertz CT molecular complexity index is 1250. The quantitative estimate of drug-likeness (QED) is 0.278. The maximum absolute atomic E-state index is 6.25. The molecule has 0 atom stereocenters. The third-order valence-electron chi connectivity index (χ3n) is 5.13. The van der Waals surface area contributed by atoms with Crippen LogP contribution in [-0.2, 0) is 0 Å². The number of hydrogen-bond acceptors (Lipinski definition) is 0. The number of hydrogen-bond donors (Lipinski definition) is 0. The zero-order valence-electron chi connectivity index (χ0n) is 14.7. The van der Waals surface area contributed by atoms with Gasteiger partial charge in [0.2, 0.25) is 0 Å². The fourth-order valence-corrected chi connectivity index (χ4v) is 3.96. The molecule has 0 aliphatic heterocycles. The number of rotatable bonds is 2. The summed E-state index contributed by atoms with van der Waals surface area (Å²) >= 11 is 6.25. The van der Waals surface area contributed by atoms with Crippen molar-refractivity contribution in [1.82, 2.24) is 0 Å². The van der Waals surface area contributed by atoms with Crippen LogP contribution in [0.4, 0.5) is 0 Å². The predicted molar refractivity (Wildman–Crippen MR) is 117 cm³/mol. The predicted octanol–water partition coefficient (Wildman–Crippen LogP) is 7.98. The molecule has 1 heteroatoms. The average molecular weight is 365 g/mol. The minimum absolute atomic E-state index is 0.771. The first-order valence-electron chi connectivity index (χ1n) is 9.06. The molecule has 5 aromatic rings. The lowest BCUT2D eigenvalue weighted by Gasteiger charge is -2.12. The third-order valence-corrected chi connectivity index (χ3v) is 5.36. The molecule has 0 saturated heterocycles. The van der Waals surface area contributed by atoms with E-state index < -0.39 is 0 Å². The van der Waals surface area contributed by atoms with Crippen molar-refractivity contribution >= 4 is 33.1 Å². The highest BCUT2D eigenvalue weighted by atomic mass is 35.5. The van der Waals surface area contributed by atoms with E-state index in [4.69, 9.17) is 11.6 Å². The van der Waals surface area contributed by atoms with E-state index in [-0.39, 0.29) is 0 Å². The van der Waals surface area contributed by atoms with E-state index in [0.29, 0.717) is 0 Å². The topological polar surface area (TPSA) is 0 Å². The highest BCUT2D eigenvalue weighted by molar-refractivity contribution is 6.32. The second kappa shape index (κ2) is 6.57. The molecule has 0 aliphatic rings. The molecule has 0 unspecified atom stereocenters. The summed E-state index contributed by atoms with van der Waals surface area (Å²) in [5.41, 5.74) is 4.95. The molecule has 0 heterocycles. The van der Waals surface area contributed by atoms with E-state index >= 15 is 0 Å². The van der Waals surface area contributed by atoms with E-state index in [1.807, 2.05) is 12.1 Å². The molecule has 5 aromatic carbocycles. The largest absolute Gasteiger partial charge is 0.0843 e. The number of halogens is 1. The zero-order valence-corrected chi connectivity index (χ0v) is 15.4. The second-order valence-electron chi connectivity index (χ2n) is 6.78. The van der Waals surface area contributed by atoms with Crippen LogP contribution in [0.1, 0.15) is 0 Å². The van der Waals surface area contributed by atoms with Crippen LogP contribution >= 0.6 is 11.6 Å². The van der Waals surface area contributed by atoms with Gasteiger partial charge in [-0.05, 0) is 62.0 Å². The van der Waals surface area contributed by atoms with Crippen molar-refractivity contribution in [2.45, 2.75) is 0 Å². The monoisotopic (exact) mass is 364 g/mol. The zero-order chi connectivity index (χ0) is 18.2. The summed E-state index contributed by atoms with van der Waals surface area (Å²) in [5.74, 6) is 0. The van der Waals surface area contributed by atoms with E-state index in [1.54, 1.807) is 0 Å². The molecule has 0 aromatic heterocycles. The van der Waals surface area contributed by atoms with Crippen molar-refractivity contribution in [2.24, 2.45) is 0 Å². The molecule has 27 heavy (non-hydrogen) atoms. The van der Waals surface area contributed by atoms with Gasteiger partial charge < -0.3 is 0 Å². The molecule has 0 radical (unpaired) electrons. The summed E-state index contributed by atoms with van der Waals surface area (Å²) < 4.78 is 0. The standard InChI is InChI=1S/C26H17Cl/c27-22-15-14-21-16-25(23-8-4-5-9-24(23)26(21)17-22)20-12-10-19(11-13-20)18-6-2-1-3-7-18/h1-17H. The Balaban J connectivity index is 1.71. The van der Waals surface area contributed by atoms with Crippen LogP contribution in [-0.4, -0.2) is 0 Å². The van der Waals surface area contributed by atoms with Gasteiger partial charge in [0.15, 0.2) is 0 Å². The summed E-state index contributed by atoms with van der Waals surface area (Å²) in [6.45, 7) is 0. The van der Waals surface area contributed by atoms with Crippen LogP contribution in [0, 0.1) is 0 Å². The lowest BCUT2D eigenvalue weighted by Crippen LogP contribution is -1.85. The van der Waals surface area contributed by atoms with Gasteiger partial charge >= 0.3 is 0 Å². The van der Waals surface area contributed by atoms with Crippen LogP contribution in [0.2, 0.25) is 5.02 Å². The van der Waals surface area contributed by atoms with Gasteiger partial charge in [0.25, 0.3) is 0 Å². The van der Waals surface area contributed by atoms with Crippen molar-refractivity contribution in [1.29, 1.82) is 0 Å². The van der Waals surface area contributed by atoms with Crippen LogP contribution in [0.15, 0.2) is 103 Å². The Morgan fingerprint density at radius 2 is 1.07 bits per heavy atom.